The van der Waals surface area contributed by atoms with Crippen LogP contribution in [0.4, 0.5) is 11.4 Å². The zero-order chi connectivity index (χ0) is 20.4. The average Bonchev–Trinajstić information content (AvgIpc) is 3.23. The minimum Gasteiger partial charge on any atom is -0.459 e. The summed E-state index contributed by atoms with van der Waals surface area (Å²) < 4.78 is 10.5. The molecule has 0 radical (unpaired) electrons. The van der Waals surface area contributed by atoms with E-state index in [1.165, 1.54) is 6.26 Å². The van der Waals surface area contributed by atoms with Crippen LogP contribution in [0, 0.1) is 0 Å². The molecule has 7 nitrogen and oxygen atoms in total. The van der Waals surface area contributed by atoms with Gasteiger partial charge in [0.15, 0.2) is 11.4 Å². The third kappa shape index (κ3) is 3.75. The molecule has 1 aliphatic heterocycles. The van der Waals surface area contributed by atoms with Crippen molar-refractivity contribution in [3.05, 3.63) is 83.8 Å². The Hall–Kier alpha value is -3.87. The first-order valence-electron chi connectivity index (χ1n) is 9.02. The fourth-order valence-corrected chi connectivity index (χ4v) is 3.20. The highest BCUT2D eigenvalue weighted by Crippen LogP contribution is 2.29. The van der Waals surface area contributed by atoms with Crippen molar-refractivity contribution in [1.82, 2.24) is 0 Å². The maximum atomic E-state index is 12.9. The molecule has 0 bridgehead atoms. The maximum Gasteiger partial charge on any atom is 0.339 e. The van der Waals surface area contributed by atoms with E-state index in [0.29, 0.717) is 16.9 Å². The molecule has 0 spiro atoms. The lowest BCUT2D eigenvalue weighted by atomic mass is 9.89. The van der Waals surface area contributed by atoms with E-state index in [-0.39, 0.29) is 12.2 Å². The highest BCUT2D eigenvalue weighted by molar-refractivity contribution is 6.04. The van der Waals surface area contributed by atoms with Crippen LogP contribution >= 0.6 is 0 Å². The second-order valence-corrected chi connectivity index (χ2v) is 6.92. The van der Waals surface area contributed by atoms with Crippen LogP contribution in [0.3, 0.4) is 0 Å². The third-order valence-corrected chi connectivity index (χ3v) is 4.69. The highest BCUT2D eigenvalue weighted by Gasteiger charge is 2.42. The average molecular weight is 390 g/mol. The second kappa shape index (κ2) is 7.27. The van der Waals surface area contributed by atoms with Crippen LogP contribution < -0.4 is 10.6 Å². The first kappa shape index (κ1) is 18.5. The lowest BCUT2D eigenvalue weighted by molar-refractivity contribution is -0.134. The maximum absolute atomic E-state index is 12.9. The number of rotatable bonds is 4. The van der Waals surface area contributed by atoms with Crippen molar-refractivity contribution in [3.63, 3.8) is 0 Å². The summed E-state index contributed by atoms with van der Waals surface area (Å²) in [5.74, 6) is -1.19. The molecule has 1 aliphatic rings. The fourth-order valence-electron chi connectivity index (χ4n) is 3.20. The van der Waals surface area contributed by atoms with Crippen molar-refractivity contribution in [2.24, 2.45) is 0 Å². The van der Waals surface area contributed by atoms with Gasteiger partial charge in [0.1, 0.15) is 0 Å². The van der Waals surface area contributed by atoms with Gasteiger partial charge < -0.3 is 19.8 Å². The molecule has 2 heterocycles. The summed E-state index contributed by atoms with van der Waals surface area (Å²) in [4.78, 5) is 37.3. The lowest BCUT2D eigenvalue weighted by Crippen LogP contribution is -2.48. The Labute approximate surface area is 166 Å². The van der Waals surface area contributed by atoms with E-state index in [0.717, 1.165) is 5.56 Å². The number of fused-ring (bicyclic) bond motifs is 1. The van der Waals surface area contributed by atoms with E-state index in [2.05, 4.69) is 10.6 Å². The summed E-state index contributed by atoms with van der Waals surface area (Å²) in [6, 6.07) is 16.9. The minimum atomic E-state index is -1.33. The van der Waals surface area contributed by atoms with Gasteiger partial charge in [0.2, 0.25) is 0 Å². The third-order valence-electron chi connectivity index (χ3n) is 4.69. The summed E-state index contributed by atoms with van der Waals surface area (Å²) in [7, 11) is 0. The molecule has 1 aromatic heterocycles. The van der Waals surface area contributed by atoms with Gasteiger partial charge in [-0.2, -0.15) is 0 Å². The number of amides is 2. The van der Waals surface area contributed by atoms with E-state index in [9.17, 15) is 14.4 Å². The number of carbonyl (C=O) groups is 3. The van der Waals surface area contributed by atoms with Gasteiger partial charge in [-0.1, -0.05) is 24.3 Å². The van der Waals surface area contributed by atoms with Gasteiger partial charge in [0.25, 0.3) is 11.8 Å². The number of hydrogen-bond donors (Lipinski definition) is 2. The number of anilines is 2. The number of benzene rings is 2. The lowest BCUT2D eigenvalue weighted by Gasteiger charge is -2.33. The molecular formula is C22H18N2O5. The van der Waals surface area contributed by atoms with Gasteiger partial charge >= 0.3 is 5.97 Å². The number of hydrogen-bond acceptors (Lipinski definition) is 5. The Morgan fingerprint density at radius 3 is 2.48 bits per heavy atom. The van der Waals surface area contributed by atoms with Crippen LogP contribution in [0.5, 0.6) is 0 Å². The van der Waals surface area contributed by atoms with Crippen LogP contribution in [0.25, 0.3) is 0 Å². The molecule has 0 saturated carbocycles. The summed E-state index contributed by atoms with van der Waals surface area (Å²) >= 11 is 0. The van der Waals surface area contributed by atoms with Crippen LogP contribution in [0.15, 0.2) is 71.3 Å². The molecule has 146 valence electrons. The van der Waals surface area contributed by atoms with E-state index in [4.69, 9.17) is 9.15 Å². The predicted molar refractivity (Wildman–Crippen MR) is 106 cm³/mol. The van der Waals surface area contributed by atoms with Crippen molar-refractivity contribution < 1.29 is 23.5 Å². The topological polar surface area (TPSA) is 97.6 Å². The number of nitrogens with one attached hydrogen (secondary N) is 2. The number of ether oxygens (including phenoxy) is 1. The second-order valence-electron chi connectivity index (χ2n) is 6.92. The molecule has 4 rings (SSSR count). The molecular weight excluding hydrogens is 372 g/mol. The molecule has 1 unspecified atom stereocenters. The number of carbonyl (C=O) groups excluding carboxylic acids is 3. The SMILES string of the molecule is CC1(C(=O)Nc2cccc(NC(=O)c3ccco3)c2)Cc2ccccc2C(=O)O1. The zero-order valence-electron chi connectivity index (χ0n) is 15.6. The van der Waals surface area contributed by atoms with Crippen molar-refractivity contribution in [2.45, 2.75) is 18.9 Å². The Balaban J connectivity index is 1.49. The van der Waals surface area contributed by atoms with Crippen molar-refractivity contribution in [3.8, 4) is 0 Å². The summed E-state index contributed by atoms with van der Waals surface area (Å²) in [5, 5.41) is 5.46. The van der Waals surface area contributed by atoms with Crippen LogP contribution in [0.1, 0.15) is 33.4 Å². The van der Waals surface area contributed by atoms with Gasteiger partial charge in [-0.3, -0.25) is 9.59 Å². The predicted octanol–water partition coefficient (Wildman–Crippen LogP) is 3.64. The Morgan fingerprint density at radius 2 is 1.72 bits per heavy atom. The molecule has 2 N–H and O–H groups in total. The van der Waals surface area contributed by atoms with E-state index in [1.807, 2.05) is 12.1 Å². The molecule has 1 atom stereocenters. The van der Waals surface area contributed by atoms with Crippen LogP contribution in [0.2, 0.25) is 0 Å². The smallest absolute Gasteiger partial charge is 0.339 e. The van der Waals surface area contributed by atoms with Crippen molar-refractivity contribution in [2.75, 3.05) is 10.6 Å². The molecule has 0 fully saturated rings. The first-order chi connectivity index (χ1) is 13.9. The van der Waals surface area contributed by atoms with E-state index >= 15 is 0 Å². The van der Waals surface area contributed by atoms with Gasteiger partial charge in [-0.15, -0.1) is 0 Å². The van der Waals surface area contributed by atoms with Gasteiger partial charge in [0.05, 0.1) is 11.8 Å². The van der Waals surface area contributed by atoms with Crippen LogP contribution in [-0.4, -0.2) is 23.4 Å². The fraction of sp³-hybridized carbons (Fsp3) is 0.136. The monoisotopic (exact) mass is 390 g/mol. The Morgan fingerprint density at radius 1 is 0.966 bits per heavy atom. The van der Waals surface area contributed by atoms with Gasteiger partial charge in [-0.25, -0.2) is 4.79 Å². The molecule has 7 heteroatoms. The highest BCUT2D eigenvalue weighted by atomic mass is 16.6. The summed E-state index contributed by atoms with van der Waals surface area (Å²) in [6.07, 6.45) is 1.69. The quantitative estimate of drug-likeness (QED) is 0.663. The molecule has 2 amide bonds. The standard InChI is InChI=1S/C22H18N2O5/c1-22(13-14-6-2-3-9-17(14)20(26)29-22)21(27)24-16-8-4-7-15(12-16)23-19(25)18-10-5-11-28-18/h2-12H,13H2,1H3,(H,23,25)(H,24,27). The van der Waals surface area contributed by atoms with E-state index in [1.54, 1.807) is 55.5 Å². The zero-order valence-corrected chi connectivity index (χ0v) is 15.6. The first-order valence-corrected chi connectivity index (χ1v) is 9.02. The Kier molecular flexibility index (Phi) is 4.64. The number of cyclic esters (lactones) is 1. The normalized spacial score (nSPS) is 17.8. The molecule has 29 heavy (non-hydrogen) atoms. The molecule has 0 saturated heterocycles. The minimum absolute atomic E-state index is 0.180. The van der Waals surface area contributed by atoms with E-state index < -0.39 is 23.4 Å². The van der Waals surface area contributed by atoms with Gasteiger partial charge in [-0.05, 0) is 48.9 Å². The summed E-state index contributed by atoms with van der Waals surface area (Å²) in [6.45, 7) is 1.58. The number of furan rings is 1. The largest absolute Gasteiger partial charge is 0.459 e. The van der Waals surface area contributed by atoms with Crippen LogP contribution in [-0.2, 0) is 16.0 Å². The van der Waals surface area contributed by atoms with Crippen molar-refractivity contribution in [1.29, 1.82) is 0 Å². The van der Waals surface area contributed by atoms with Gasteiger partial charge in [0, 0.05) is 17.8 Å². The summed E-state index contributed by atoms with van der Waals surface area (Å²) in [5.41, 5.74) is 0.851. The Bertz CT molecular complexity index is 1090. The molecule has 3 aromatic rings. The molecule has 0 aliphatic carbocycles. The van der Waals surface area contributed by atoms with Crippen molar-refractivity contribution >= 4 is 29.2 Å². The number of esters is 1. The molecule has 2 aromatic carbocycles.